The Morgan fingerprint density at radius 3 is 2.25 bits per heavy atom. The van der Waals surface area contributed by atoms with Gasteiger partial charge in [-0.25, -0.2) is 4.90 Å². The molecule has 0 aromatic heterocycles. The number of amides is 2. The fourth-order valence-corrected chi connectivity index (χ4v) is 3.88. The van der Waals surface area contributed by atoms with Crippen LogP contribution < -0.4 is 4.90 Å². The number of nitrogens with zero attached hydrogens (tertiary/aromatic N) is 1. The molecule has 1 aromatic carbocycles. The van der Waals surface area contributed by atoms with Crippen LogP contribution in [-0.2, 0) is 15.0 Å². The molecular formula is C19H27BNO2S. The molecule has 24 heavy (non-hydrogen) atoms. The summed E-state index contributed by atoms with van der Waals surface area (Å²) < 4.78 is 0. The summed E-state index contributed by atoms with van der Waals surface area (Å²) in [6.07, 6.45) is 0.308. The van der Waals surface area contributed by atoms with Crippen molar-refractivity contribution < 1.29 is 9.59 Å². The second-order valence-electron chi connectivity index (χ2n) is 7.40. The number of benzene rings is 1. The minimum Gasteiger partial charge on any atom is -0.274 e. The number of carbonyl (C=O) groups excluding carboxylic acids is 2. The van der Waals surface area contributed by atoms with Crippen molar-refractivity contribution in [3.8, 4) is 0 Å². The highest BCUT2D eigenvalue weighted by atomic mass is 32.2. The van der Waals surface area contributed by atoms with E-state index in [1.54, 1.807) is 11.8 Å². The van der Waals surface area contributed by atoms with Crippen molar-refractivity contribution >= 4 is 36.5 Å². The zero-order valence-corrected chi connectivity index (χ0v) is 16.4. The second kappa shape index (κ2) is 6.95. The van der Waals surface area contributed by atoms with Gasteiger partial charge in [-0.1, -0.05) is 58.9 Å². The van der Waals surface area contributed by atoms with Crippen molar-refractivity contribution in [3.05, 3.63) is 29.8 Å². The van der Waals surface area contributed by atoms with Gasteiger partial charge in [-0.2, -0.15) is 0 Å². The van der Waals surface area contributed by atoms with Gasteiger partial charge in [0.1, 0.15) is 7.28 Å². The van der Waals surface area contributed by atoms with Gasteiger partial charge in [0.15, 0.2) is 0 Å². The van der Waals surface area contributed by atoms with Gasteiger partial charge in [0.05, 0.1) is 10.9 Å². The molecule has 1 aliphatic rings. The number of imide groups is 1. The molecular weight excluding hydrogens is 317 g/mol. The van der Waals surface area contributed by atoms with E-state index in [9.17, 15) is 9.59 Å². The van der Waals surface area contributed by atoms with Crippen LogP contribution in [0.4, 0.5) is 5.69 Å². The third-order valence-corrected chi connectivity index (χ3v) is 6.76. The molecule has 0 N–H and O–H groups in total. The molecule has 1 unspecified atom stereocenters. The van der Waals surface area contributed by atoms with Gasteiger partial charge in [0.2, 0.25) is 11.8 Å². The average molecular weight is 344 g/mol. The van der Waals surface area contributed by atoms with Gasteiger partial charge >= 0.3 is 0 Å². The van der Waals surface area contributed by atoms with E-state index < -0.39 is 0 Å². The molecule has 2 rings (SSSR count). The first-order valence-corrected chi connectivity index (χ1v) is 9.60. The van der Waals surface area contributed by atoms with Gasteiger partial charge in [0.25, 0.3) is 0 Å². The van der Waals surface area contributed by atoms with Crippen LogP contribution in [0, 0.1) is 0 Å². The third kappa shape index (κ3) is 3.28. The van der Waals surface area contributed by atoms with Crippen molar-refractivity contribution in [3.63, 3.8) is 0 Å². The summed E-state index contributed by atoms with van der Waals surface area (Å²) in [5.41, 5.74) is 1.84. The van der Waals surface area contributed by atoms with E-state index in [2.05, 4.69) is 41.8 Å². The van der Waals surface area contributed by atoms with Gasteiger partial charge in [-0.05, 0) is 28.9 Å². The number of thioether (sulfide) groups is 1. The number of hydrogen-bond donors (Lipinski definition) is 0. The van der Waals surface area contributed by atoms with Crippen LogP contribution in [0.25, 0.3) is 0 Å². The molecule has 1 radical (unpaired) electrons. The first-order valence-electron chi connectivity index (χ1n) is 8.55. The van der Waals surface area contributed by atoms with Crippen LogP contribution >= 0.6 is 11.8 Å². The highest BCUT2D eigenvalue weighted by molar-refractivity contribution is 8.00. The summed E-state index contributed by atoms with van der Waals surface area (Å²) in [6, 6.07) is 7.89. The first kappa shape index (κ1) is 19.1. The van der Waals surface area contributed by atoms with E-state index in [1.165, 1.54) is 10.5 Å². The van der Waals surface area contributed by atoms with E-state index >= 15 is 0 Å². The Morgan fingerprint density at radius 2 is 1.75 bits per heavy atom. The molecule has 0 aliphatic carbocycles. The molecule has 0 bridgehead atoms. The van der Waals surface area contributed by atoms with Gasteiger partial charge in [-0.3, -0.25) is 9.59 Å². The number of anilines is 1. The summed E-state index contributed by atoms with van der Waals surface area (Å²) in [6.45, 7) is 13.0. The van der Waals surface area contributed by atoms with Crippen LogP contribution in [0.1, 0.15) is 46.6 Å². The molecule has 0 spiro atoms. The Hall–Kier alpha value is -1.23. The zero-order chi connectivity index (χ0) is 18.1. The van der Waals surface area contributed by atoms with Gasteiger partial charge in [-0.15, -0.1) is 11.8 Å². The second-order valence-corrected chi connectivity index (χ2v) is 8.88. The predicted octanol–water partition coefficient (Wildman–Crippen LogP) is 4.30. The van der Waals surface area contributed by atoms with Crippen LogP contribution in [0.5, 0.6) is 0 Å². The van der Waals surface area contributed by atoms with E-state index in [4.69, 9.17) is 0 Å². The Kier molecular flexibility index (Phi) is 5.53. The largest absolute Gasteiger partial charge is 0.274 e. The lowest BCUT2D eigenvalue weighted by atomic mass is 9.44. The Labute approximate surface area is 150 Å². The van der Waals surface area contributed by atoms with E-state index in [1.807, 2.05) is 31.2 Å². The highest BCUT2D eigenvalue weighted by Gasteiger charge is 2.40. The molecule has 1 heterocycles. The van der Waals surface area contributed by atoms with Crippen molar-refractivity contribution in [2.45, 2.75) is 63.8 Å². The topological polar surface area (TPSA) is 37.4 Å². The van der Waals surface area contributed by atoms with Crippen molar-refractivity contribution in [2.24, 2.45) is 0 Å². The van der Waals surface area contributed by atoms with E-state index in [0.29, 0.717) is 12.1 Å². The molecule has 1 atom stereocenters. The smallest absolute Gasteiger partial charge is 0.247 e. The maximum Gasteiger partial charge on any atom is 0.247 e. The van der Waals surface area contributed by atoms with Crippen molar-refractivity contribution in [1.82, 2.24) is 0 Å². The Morgan fingerprint density at radius 1 is 1.17 bits per heavy atom. The maximum atomic E-state index is 12.5. The molecule has 2 amide bonds. The number of carbonyl (C=O) groups is 2. The summed E-state index contributed by atoms with van der Waals surface area (Å²) in [4.78, 5) is 26.1. The molecule has 1 aliphatic heterocycles. The molecule has 1 fully saturated rings. The Balaban J connectivity index is 2.27. The van der Waals surface area contributed by atoms with Gasteiger partial charge < -0.3 is 0 Å². The predicted molar refractivity (Wildman–Crippen MR) is 104 cm³/mol. The van der Waals surface area contributed by atoms with E-state index in [0.717, 1.165) is 5.75 Å². The van der Waals surface area contributed by atoms with Crippen LogP contribution in [0.3, 0.4) is 0 Å². The highest BCUT2D eigenvalue weighted by Crippen LogP contribution is 2.46. The summed E-state index contributed by atoms with van der Waals surface area (Å²) in [5, 5.41) is -0.191. The fraction of sp³-hybridized carbons (Fsp3) is 0.579. The molecule has 1 aromatic rings. The summed E-state index contributed by atoms with van der Waals surface area (Å²) >= 11 is 1.55. The normalized spacial score (nSPS) is 19.1. The maximum absolute atomic E-state index is 12.5. The first-order chi connectivity index (χ1) is 11.2. The van der Waals surface area contributed by atoms with Crippen molar-refractivity contribution in [2.75, 3.05) is 10.7 Å². The van der Waals surface area contributed by atoms with Crippen LogP contribution in [0.15, 0.2) is 24.3 Å². The lowest BCUT2D eigenvalue weighted by Crippen LogP contribution is -2.35. The monoisotopic (exact) mass is 344 g/mol. The van der Waals surface area contributed by atoms with Crippen molar-refractivity contribution in [1.29, 1.82) is 0 Å². The van der Waals surface area contributed by atoms with E-state index in [-0.39, 0.29) is 27.8 Å². The fourth-order valence-electron chi connectivity index (χ4n) is 2.97. The molecule has 0 saturated carbocycles. The Bertz CT molecular complexity index is 625. The minimum atomic E-state index is -0.229. The van der Waals surface area contributed by atoms with Crippen LogP contribution in [0.2, 0.25) is 12.1 Å². The lowest BCUT2D eigenvalue weighted by molar-refractivity contribution is -0.121. The summed E-state index contributed by atoms with van der Waals surface area (Å²) in [7, 11) is 2.22. The standard InChI is InChI=1S/C19H27BNO2S/c1-7-24-15-12-16(22)21(17(15)23)14-10-8-13(9-11-14)18(2,3)19(4,5)20-6/h8-11,15H,7,12H2,1-6H3. The molecule has 1 saturated heterocycles. The molecule has 3 nitrogen and oxygen atoms in total. The van der Waals surface area contributed by atoms with Gasteiger partial charge in [0, 0.05) is 6.42 Å². The third-order valence-electron chi connectivity index (χ3n) is 5.65. The number of hydrogen-bond acceptors (Lipinski definition) is 3. The minimum absolute atomic E-state index is 0.0384. The van der Waals surface area contributed by atoms with Crippen LogP contribution in [-0.4, -0.2) is 30.1 Å². The SMILES string of the molecule is C[B]C(C)(C)C(C)(C)c1ccc(N2C(=O)CC(SCC)C2=O)cc1. The zero-order valence-electron chi connectivity index (χ0n) is 15.6. The lowest BCUT2D eigenvalue weighted by Gasteiger charge is -2.42. The average Bonchev–Trinajstić information content (AvgIpc) is 2.82. The summed E-state index contributed by atoms with van der Waals surface area (Å²) in [5.74, 6) is 0.661. The molecule has 129 valence electrons. The molecule has 5 heteroatoms. The number of rotatable bonds is 6. The quantitative estimate of drug-likeness (QED) is 0.570.